The fourth-order valence-corrected chi connectivity index (χ4v) is 1.22. The maximum Gasteiger partial charge on any atom is 0.235 e. The second-order valence-electron chi connectivity index (χ2n) is 2.49. The predicted octanol–water partition coefficient (Wildman–Crippen LogP) is -0.296. The molecule has 0 aliphatic carbocycles. The molecule has 0 aliphatic rings. The zero-order valence-electron chi connectivity index (χ0n) is 7.80. The van der Waals surface area contributed by atoms with Gasteiger partial charge in [-0.1, -0.05) is 0 Å². The summed E-state index contributed by atoms with van der Waals surface area (Å²) in [4.78, 5) is 11.1. The first-order valence-corrected chi connectivity index (χ1v) is 4.93. The Morgan fingerprint density at radius 3 is 2.31 bits per heavy atom. The molecule has 0 aromatic heterocycles. The fraction of sp³-hybridized carbons (Fsp3) is 0.857. The number of methoxy groups -OCH3 is 2. The van der Waals surface area contributed by atoms with Crippen molar-refractivity contribution in [3.05, 3.63) is 0 Å². The van der Waals surface area contributed by atoms with E-state index in [1.165, 1.54) is 0 Å². The van der Waals surface area contributed by atoms with Crippen molar-refractivity contribution in [2.24, 2.45) is 0 Å². The Morgan fingerprint density at radius 1 is 1.38 bits per heavy atom. The zero-order valence-corrected chi connectivity index (χ0v) is 9.96. The average Bonchev–Trinajstić information content (AvgIpc) is 2.05. The van der Waals surface area contributed by atoms with Gasteiger partial charge < -0.3 is 14.8 Å². The molecule has 2 N–H and O–H groups in total. The molecule has 13 heavy (non-hydrogen) atoms. The first kappa shape index (κ1) is 13.1. The maximum atomic E-state index is 11.1. The molecular formula is C7H15IN2O3. The van der Waals surface area contributed by atoms with E-state index in [1.54, 1.807) is 14.2 Å². The van der Waals surface area contributed by atoms with Crippen LogP contribution in [0.3, 0.4) is 0 Å². The summed E-state index contributed by atoms with van der Waals surface area (Å²) >= 11 is 1.92. The number of nitrogens with one attached hydrogen (secondary N) is 2. The molecule has 5 nitrogen and oxygen atoms in total. The molecule has 0 fully saturated rings. The monoisotopic (exact) mass is 302 g/mol. The van der Waals surface area contributed by atoms with Gasteiger partial charge in [0.05, 0.1) is 25.8 Å². The molecule has 6 heteroatoms. The van der Waals surface area contributed by atoms with Crippen LogP contribution in [0.2, 0.25) is 0 Å². The summed E-state index contributed by atoms with van der Waals surface area (Å²) in [7, 11) is 3.18. The SMILES string of the molecule is COCC(COC)NC(=O)CNI. The summed E-state index contributed by atoms with van der Waals surface area (Å²) in [6.45, 7) is 1.21. The molecular weight excluding hydrogens is 287 g/mol. The highest BCUT2D eigenvalue weighted by molar-refractivity contribution is 14.1. The van der Waals surface area contributed by atoms with Crippen molar-refractivity contribution >= 4 is 28.8 Å². The van der Waals surface area contributed by atoms with Gasteiger partial charge in [0, 0.05) is 37.1 Å². The van der Waals surface area contributed by atoms with Gasteiger partial charge in [-0.3, -0.25) is 8.32 Å². The van der Waals surface area contributed by atoms with Crippen LogP contribution in [0.15, 0.2) is 0 Å². The minimum atomic E-state index is -0.0766. The lowest BCUT2D eigenvalue weighted by molar-refractivity contribution is -0.121. The van der Waals surface area contributed by atoms with Crippen molar-refractivity contribution in [3.63, 3.8) is 0 Å². The van der Waals surface area contributed by atoms with E-state index in [0.29, 0.717) is 19.8 Å². The minimum absolute atomic E-state index is 0.0616. The van der Waals surface area contributed by atoms with E-state index in [2.05, 4.69) is 8.85 Å². The summed E-state index contributed by atoms with van der Waals surface area (Å²) in [5.74, 6) is -0.0616. The second-order valence-corrected chi connectivity index (χ2v) is 3.25. The van der Waals surface area contributed by atoms with Gasteiger partial charge in [-0.05, 0) is 0 Å². The van der Waals surface area contributed by atoms with Crippen LogP contribution in [-0.4, -0.2) is 45.9 Å². The molecule has 78 valence electrons. The number of amides is 1. The molecule has 0 heterocycles. The van der Waals surface area contributed by atoms with Gasteiger partial charge in [0.2, 0.25) is 5.91 Å². The summed E-state index contributed by atoms with van der Waals surface area (Å²) in [6, 6.07) is -0.0766. The first-order valence-electron chi connectivity index (χ1n) is 3.85. The van der Waals surface area contributed by atoms with Crippen molar-refractivity contribution in [1.82, 2.24) is 8.85 Å². The standard InChI is InChI=1S/C7H15IN2O3/c1-12-4-6(5-13-2)10-7(11)3-9-8/h6,9H,3-5H2,1-2H3,(H,10,11). The van der Waals surface area contributed by atoms with Crippen molar-refractivity contribution in [2.75, 3.05) is 34.0 Å². The van der Waals surface area contributed by atoms with Gasteiger partial charge in [-0.25, -0.2) is 0 Å². The minimum Gasteiger partial charge on any atom is -0.382 e. The van der Waals surface area contributed by atoms with Crippen LogP contribution in [0.5, 0.6) is 0 Å². The Kier molecular flexibility index (Phi) is 8.72. The van der Waals surface area contributed by atoms with E-state index in [-0.39, 0.29) is 11.9 Å². The fourth-order valence-electron chi connectivity index (χ4n) is 0.873. The molecule has 0 radical (unpaired) electrons. The molecule has 0 unspecified atom stereocenters. The van der Waals surface area contributed by atoms with Crippen LogP contribution in [0, 0.1) is 0 Å². The average molecular weight is 302 g/mol. The molecule has 0 aromatic carbocycles. The van der Waals surface area contributed by atoms with Gasteiger partial charge in [0.25, 0.3) is 0 Å². The van der Waals surface area contributed by atoms with E-state index in [9.17, 15) is 4.79 Å². The summed E-state index contributed by atoms with van der Waals surface area (Å²) < 4.78 is 12.6. The van der Waals surface area contributed by atoms with E-state index in [4.69, 9.17) is 9.47 Å². The van der Waals surface area contributed by atoms with E-state index in [0.717, 1.165) is 0 Å². The lowest BCUT2D eigenvalue weighted by Gasteiger charge is -2.16. The van der Waals surface area contributed by atoms with Crippen LogP contribution in [0.25, 0.3) is 0 Å². The number of ether oxygens (including phenoxy) is 2. The Bertz CT molecular complexity index is 140. The summed E-state index contributed by atoms with van der Waals surface area (Å²) in [5.41, 5.74) is 0. The topological polar surface area (TPSA) is 59.6 Å². The predicted molar refractivity (Wildman–Crippen MR) is 57.7 cm³/mol. The van der Waals surface area contributed by atoms with Crippen molar-refractivity contribution in [2.45, 2.75) is 6.04 Å². The number of carbonyl (C=O) groups is 1. The molecule has 0 rings (SSSR count). The third kappa shape index (κ3) is 7.17. The zero-order chi connectivity index (χ0) is 10.1. The third-order valence-electron chi connectivity index (χ3n) is 1.33. The van der Waals surface area contributed by atoms with Gasteiger partial charge in [0.1, 0.15) is 0 Å². The van der Waals surface area contributed by atoms with Crippen LogP contribution >= 0.6 is 22.9 Å². The van der Waals surface area contributed by atoms with Crippen LogP contribution in [0.4, 0.5) is 0 Å². The van der Waals surface area contributed by atoms with Crippen LogP contribution < -0.4 is 8.85 Å². The van der Waals surface area contributed by atoms with Gasteiger partial charge >= 0.3 is 0 Å². The van der Waals surface area contributed by atoms with E-state index < -0.39 is 0 Å². The van der Waals surface area contributed by atoms with Crippen LogP contribution in [-0.2, 0) is 14.3 Å². The highest BCUT2D eigenvalue weighted by Gasteiger charge is 2.10. The van der Waals surface area contributed by atoms with E-state index >= 15 is 0 Å². The molecule has 0 saturated heterocycles. The summed E-state index contributed by atoms with van der Waals surface area (Å²) in [5, 5.41) is 2.76. The number of rotatable bonds is 7. The maximum absolute atomic E-state index is 11.1. The number of halogens is 1. The Morgan fingerprint density at radius 2 is 1.92 bits per heavy atom. The Labute approximate surface area is 92.0 Å². The molecule has 0 atom stereocenters. The van der Waals surface area contributed by atoms with Gasteiger partial charge in [-0.15, -0.1) is 0 Å². The molecule has 0 bridgehead atoms. The Hall–Kier alpha value is 0.0800. The normalized spacial score (nSPS) is 10.5. The number of hydrogen-bond donors (Lipinski definition) is 2. The molecule has 0 spiro atoms. The third-order valence-corrected chi connectivity index (χ3v) is 1.71. The number of carbonyl (C=O) groups excluding carboxylic acids is 1. The molecule has 0 saturated carbocycles. The van der Waals surface area contributed by atoms with Crippen molar-refractivity contribution in [3.8, 4) is 0 Å². The summed E-state index contributed by atoms with van der Waals surface area (Å²) in [6.07, 6.45) is 0. The molecule has 0 aliphatic heterocycles. The smallest absolute Gasteiger partial charge is 0.235 e. The highest BCUT2D eigenvalue weighted by Crippen LogP contribution is 1.86. The van der Waals surface area contributed by atoms with E-state index in [1.807, 2.05) is 22.9 Å². The quantitative estimate of drug-likeness (QED) is 0.501. The van der Waals surface area contributed by atoms with Crippen molar-refractivity contribution in [1.29, 1.82) is 0 Å². The second kappa shape index (κ2) is 8.67. The first-order chi connectivity index (χ1) is 6.24. The lowest BCUT2D eigenvalue weighted by atomic mass is 10.3. The van der Waals surface area contributed by atoms with Gasteiger partial charge in [-0.2, -0.15) is 0 Å². The lowest BCUT2D eigenvalue weighted by Crippen LogP contribution is -2.43. The Balaban J connectivity index is 3.71. The molecule has 0 aromatic rings. The van der Waals surface area contributed by atoms with Crippen molar-refractivity contribution < 1.29 is 14.3 Å². The molecule has 1 amide bonds. The largest absolute Gasteiger partial charge is 0.382 e. The number of hydrogen-bond acceptors (Lipinski definition) is 4. The highest BCUT2D eigenvalue weighted by atomic mass is 127. The van der Waals surface area contributed by atoms with Gasteiger partial charge in [0.15, 0.2) is 0 Å². The van der Waals surface area contributed by atoms with Crippen LogP contribution in [0.1, 0.15) is 0 Å².